The van der Waals surface area contributed by atoms with E-state index in [-0.39, 0.29) is 5.70 Å². The molecule has 0 aromatic carbocycles. The molecule has 23 heavy (non-hydrogen) atoms. The molecule has 0 saturated carbocycles. The van der Waals surface area contributed by atoms with E-state index in [1.54, 1.807) is 23.8 Å². The SMILES string of the molecule is CC/C=C(\C=C/Cc1c(COC)cn2ncnc(N)c12)[N+](=O)[O-]. The highest BCUT2D eigenvalue weighted by molar-refractivity contribution is 5.72. The van der Waals surface area contributed by atoms with Crippen molar-refractivity contribution in [3.63, 3.8) is 0 Å². The Hall–Kier alpha value is -2.74. The zero-order valence-electron chi connectivity index (χ0n) is 13.1. The van der Waals surface area contributed by atoms with Crippen LogP contribution in [0.4, 0.5) is 5.82 Å². The summed E-state index contributed by atoms with van der Waals surface area (Å²) in [5.74, 6) is 0.365. The highest BCUT2D eigenvalue weighted by Gasteiger charge is 2.14. The van der Waals surface area contributed by atoms with Crippen molar-refractivity contribution in [1.29, 1.82) is 0 Å². The first kappa shape index (κ1) is 16.6. The molecule has 8 nitrogen and oxygen atoms in total. The maximum Gasteiger partial charge on any atom is 0.265 e. The highest BCUT2D eigenvalue weighted by Crippen LogP contribution is 2.23. The van der Waals surface area contributed by atoms with Crippen molar-refractivity contribution in [2.24, 2.45) is 0 Å². The van der Waals surface area contributed by atoms with Crippen LogP contribution >= 0.6 is 0 Å². The van der Waals surface area contributed by atoms with Crippen LogP contribution in [0.5, 0.6) is 0 Å². The molecule has 2 rings (SSSR count). The number of nitrogens with two attached hydrogens (primary N) is 1. The van der Waals surface area contributed by atoms with E-state index in [9.17, 15) is 10.1 Å². The smallest absolute Gasteiger partial charge is 0.265 e. The molecule has 0 bridgehead atoms. The quantitative estimate of drug-likeness (QED) is 0.476. The standard InChI is InChI=1S/C15H19N5O3/c1-3-5-12(20(21)22)6-4-7-13-11(9-23-2)8-19-14(13)15(16)17-10-18-19/h4-6,8,10H,3,7,9H2,1-2H3,(H2,16,17,18)/b6-4-,12-5+. The van der Waals surface area contributed by atoms with Gasteiger partial charge in [0.15, 0.2) is 5.82 Å². The van der Waals surface area contributed by atoms with Crippen molar-refractivity contribution >= 4 is 11.3 Å². The van der Waals surface area contributed by atoms with Gasteiger partial charge in [0.2, 0.25) is 0 Å². The summed E-state index contributed by atoms with van der Waals surface area (Å²) in [5.41, 5.74) is 8.54. The normalized spacial score (nSPS) is 12.3. The third-order valence-corrected chi connectivity index (χ3v) is 3.33. The largest absolute Gasteiger partial charge is 0.382 e. The molecule has 0 radical (unpaired) electrons. The maximum atomic E-state index is 10.9. The second-order valence-corrected chi connectivity index (χ2v) is 4.91. The third kappa shape index (κ3) is 3.72. The Labute approximate surface area is 133 Å². The summed E-state index contributed by atoms with van der Waals surface area (Å²) in [7, 11) is 1.60. The molecule has 2 aromatic heterocycles. The molecule has 0 spiro atoms. The number of allylic oxidation sites excluding steroid dienone is 3. The number of hydrogen-bond acceptors (Lipinski definition) is 6. The van der Waals surface area contributed by atoms with Crippen LogP contribution in [0.1, 0.15) is 24.5 Å². The Bertz CT molecular complexity index is 764. The number of anilines is 1. The lowest BCUT2D eigenvalue weighted by Gasteiger charge is -2.02. The van der Waals surface area contributed by atoms with Gasteiger partial charge in [-0.15, -0.1) is 0 Å². The molecular weight excluding hydrogens is 298 g/mol. The minimum Gasteiger partial charge on any atom is -0.382 e. The Balaban J connectivity index is 2.36. The number of fused-ring (bicyclic) bond motifs is 1. The van der Waals surface area contributed by atoms with Gasteiger partial charge in [-0.1, -0.05) is 13.0 Å². The zero-order valence-corrected chi connectivity index (χ0v) is 13.1. The lowest BCUT2D eigenvalue weighted by atomic mass is 10.1. The Morgan fingerprint density at radius 2 is 2.35 bits per heavy atom. The fraction of sp³-hybridized carbons (Fsp3) is 0.333. The van der Waals surface area contributed by atoms with Crippen LogP contribution in [0.3, 0.4) is 0 Å². The van der Waals surface area contributed by atoms with Gasteiger partial charge in [-0.3, -0.25) is 10.1 Å². The molecule has 0 saturated heterocycles. The summed E-state index contributed by atoms with van der Waals surface area (Å²) < 4.78 is 6.85. The summed E-state index contributed by atoms with van der Waals surface area (Å²) >= 11 is 0. The lowest BCUT2D eigenvalue weighted by Crippen LogP contribution is -2.00. The van der Waals surface area contributed by atoms with Gasteiger partial charge in [0.1, 0.15) is 11.8 Å². The van der Waals surface area contributed by atoms with Crippen LogP contribution in [0.2, 0.25) is 0 Å². The second-order valence-electron chi connectivity index (χ2n) is 4.91. The highest BCUT2D eigenvalue weighted by atomic mass is 16.6. The minimum absolute atomic E-state index is 0.0773. The summed E-state index contributed by atoms with van der Waals surface area (Å²) in [6, 6.07) is 0. The van der Waals surface area contributed by atoms with Gasteiger partial charge in [-0.2, -0.15) is 5.10 Å². The topological polar surface area (TPSA) is 109 Å². The van der Waals surface area contributed by atoms with Crippen molar-refractivity contribution in [2.45, 2.75) is 26.4 Å². The van der Waals surface area contributed by atoms with Crippen LogP contribution in [0.25, 0.3) is 5.52 Å². The molecule has 0 unspecified atom stereocenters. The number of aromatic nitrogens is 3. The monoisotopic (exact) mass is 317 g/mol. The van der Waals surface area contributed by atoms with Crippen molar-refractivity contribution in [3.05, 3.63) is 57.7 Å². The van der Waals surface area contributed by atoms with E-state index in [0.29, 0.717) is 30.8 Å². The number of nitro groups is 1. The van der Waals surface area contributed by atoms with Crippen molar-refractivity contribution < 1.29 is 9.66 Å². The van der Waals surface area contributed by atoms with Gasteiger partial charge < -0.3 is 10.5 Å². The Morgan fingerprint density at radius 1 is 1.57 bits per heavy atom. The van der Waals surface area contributed by atoms with Gasteiger partial charge in [0.25, 0.3) is 5.70 Å². The van der Waals surface area contributed by atoms with Gasteiger partial charge in [-0.25, -0.2) is 9.50 Å². The van der Waals surface area contributed by atoms with E-state index in [4.69, 9.17) is 10.5 Å². The first-order valence-corrected chi connectivity index (χ1v) is 7.18. The molecule has 2 N–H and O–H groups in total. The van der Waals surface area contributed by atoms with E-state index in [1.165, 1.54) is 12.4 Å². The summed E-state index contributed by atoms with van der Waals surface area (Å²) in [6.45, 7) is 2.26. The third-order valence-electron chi connectivity index (χ3n) is 3.33. The number of nitrogens with zero attached hydrogens (tertiary/aromatic N) is 4. The average molecular weight is 317 g/mol. The van der Waals surface area contributed by atoms with Gasteiger partial charge >= 0.3 is 0 Å². The molecule has 0 aliphatic heterocycles. The predicted octanol–water partition coefficient (Wildman–Crippen LogP) is 2.13. The number of hydrogen-bond donors (Lipinski definition) is 1. The number of ether oxygens (including phenoxy) is 1. The molecule has 0 fully saturated rings. The molecule has 8 heteroatoms. The van der Waals surface area contributed by atoms with Crippen LogP contribution in [-0.4, -0.2) is 26.6 Å². The van der Waals surface area contributed by atoms with E-state index in [1.807, 2.05) is 13.1 Å². The lowest BCUT2D eigenvalue weighted by molar-refractivity contribution is -0.419. The van der Waals surface area contributed by atoms with Gasteiger partial charge in [-0.05, 0) is 24.5 Å². The molecular formula is C15H19N5O3. The molecule has 0 aliphatic rings. The first-order chi connectivity index (χ1) is 11.1. The van der Waals surface area contributed by atoms with Crippen LogP contribution in [0, 0.1) is 10.1 Å². The maximum absolute atomic E-state index is 10.9. The fourth-order valence-electron chi connectivity index (χ4n) is 2.37. The summed E-state index contributed by atoms with van der Waals surface area (Å²) in [6.07, 6.45) is 9.10. The van der Waals surface area contributed by atoms with Crippen molar-refractivity contribution in [3.8, 4) is 0 Å². The number of rotatable bonds is 7. The van der Waals surface area contributed by atoms with Crippen LogP contribution < -0.4 is 5.73 Å². The average Bonchev–Trinajstić information content (AvgIpc) is 2.86. The van der Waals surface area contributed by atoms with Crippen molar-refractivity contribution in [1.82, 2.24) is 14.6 Å². The van der Waals surface area contributed by atoms with Crippen molar-refractivity contribution in [2.75, 3.05) is 12.8 Å². The zero-order chi connectivity index (χ0) is 16.8. The second kappa shape index (κ2) is 7.50. The molecule has 0 atom stereocenters. The Morgan fingerprint density at radius 3 is 3.00 bits per heavy atom. The molecule has 2 aromatic rings. The summed E-state index contributed by atoms with van der Waals surface area (Å²) in [4.78, 5) is 14.5. The molecule has 122 valence electrons. The van der Waals surface area contributed by atoms with E-state index >= 15 is 0 Å². The predicted molar refractivity (Wildman–Crippen MR) is 86.3 cm³/mol. The van der Waals surface area contributed by atoms with E-state index in [2.05, 4.69) is 10.1 Å². The minimum atomic E-state index is -0.397. The Kier molecular flexibility index (Phi) is 5.42. The summed E-state index contributed by atoms with van der Waals surface area (Å²) in [5, 5.41) is 15.1. The van der Waals surface area contributed by atoms with E-state index < -0.39 is 4.92 Å². The van der Waals surface area contributed by atoms with Gasteiger partial charge in [0, 0.05) is 24.9 Å². The van der Waals surface area contributed by atoms with Gasteiger partial charge in [0.05, 0.1) is 11.5 Å². The first-order valence-electron chi connectivity index (χ1n) is 7.18. The fourth-order valence-corrected chi connectivity index (χ4v) is 2.37. The van der Waals surface area contributed by atoms with E-state index in [0.717, 1.165) is 11.1 Å². The number of methoxy groups -OCH3 is 1. The van der Waals surface area contributed by atoms with Crippen LogP contribution in [0.15, 0.2) is 36.4 Å². The molecule has 0 aliphatic carbocycles. The van der Waals surface area contributed by atoms with Crippen LogP contribution in [-0.2, 0) is 17.8 Å². The molecule has 0 amide bonds. The molecule has 2 heterocycles. The number of nitrogen functional groups attached to an aromatic ring is 1.